The molecule has 0 saturated heterocycles. The van der Waals surface area contributed by atoms with Crippen LogP contribution in [0.4, 0.5) is 23.2 Å². The number of ketones is 1. The van der Waals surface area contributed by atoms with Crippen molar-refractivity contribution in [2.75, 3.05) is 5.32 Å². The predicted molar refractivity (Wildman–Crippen MR) is 91.6 cm³/mol. The van der Waals surface area contributed by atoms with E-state index in [1.807, 2.05) is 0 Å². The number of carbonyl (C=O) groups excluding carboxylic acids is 1. The predicted octanol–water partition coefficient (Wildman–Crippen LogP) is 5.96. The molecule has 2 aromatic carbocycles. The molecule has 132 valence electrons. The smallest absolute Gasteiger partial charge is 0.186 e. The number of nitrogens with one attached hydrogen (secondary N) is 1. The van der Waals surface area contributed by atoms with Crippen LogP contribution < -0.4 is 5.32 Å². The van der Waals surface area contributed by atoms with Gasteiger partial charge >= 0.3 is 0 Å². The number of hydrogen-bond donors (Lipinski definition) is 1. The Morgan fingerprint density at radius 3 is 2.12 bits per heavy atom. The third-order valence-corrected chi connectivity index (χ3v) is 4.57. The lowest BCUT2D eigenvalue weighted by atomic mass is 9.97. The van der Waals surface area contributed by atoms with E-state index < -0.39 is 45.8 Å². The summed E-state index contributed by atoms with van der Waals surface area (Å²) in [7, 11) is 0. The Hall–Kier alpha value is -1.86. The maximum atomic E-state index is 14.1. The van der Waals surface area contributed by atoms with Gasteiger partial charge in [-0.1, -0.05) is 52.3 Å². The minimum atomic E-state index is -1.73. The van der Waals surface area contributed by atoms with E-state index in [9.17, 15) is 22.4 Å². The SMILES string of the molecule is C=C(C(C)=O)C(Nc1c(F)c(F)c(Cl)c(F)c1F)c1ccccc1Br. The maximum absolute atomic E-state index is 14.1. The molecule has 0 radical (unpaired) electrons. The molecule has 25 heavy (non-hydrogen) atoms. The summed E-state index contributed by atoms with van der Waals surface area (Å²) < 4.78 is 56.0. The maximum Gasteiger partial charge on any atom is 0.186 e. The fraction of sp³-hybridized carbons (Fsp3) is 0.118. The molecule has 1 unspecified atom stereocenters. The van der Waals surface area contributed by atoms with Crippen LogP contribution in [0.5, 0.6) is 0 Å². The van der Waals surface area contributed by atoms with E-state index in [0.717, 1.165) is 0 Å². The highest BCUT2D eigenvalue weighted by Gasteiger charge is 2.28. The Kier molecular flexibility index (Phi) is 5.90. The van der Waals surface area contributed by atoms with Gasteiger partial charge in [0.1, 0.15) is 10.7 Å². The number of halogens is 6. The van der Waals surface area contributed by atoms with Crippen molar-refractivity contribution in [3.8, 4) is 0 Å². The van der Waals surface area contributed by atoms with E-state index in [2.05, 4.69) is 27.8 Å². The third kappa shape index (κ3) is 3.72. The van der Waals surface area contributed by atoms with Gasteiger partial charge in [-0.25, -0.2) is 17.6 Å². The molecule has 1 N–H and O–H groups in total. The van der Waals surface area contributed by atoms with E-state index in [1.54, 1.807) is 24.3 Å². The van der Waals surface area contributed by atoms with E-state index in [1.165, 1.54) is 6.92 Å². The van der Waals surface area contributed by atoms with Crippen molar-refractivity contribution in [1.82, 2.24) is 0 Å². The summed E-state index contributed by atoms with van der Waals surface area (Å²) in [6.45, 7) is 4.81. The lowest BCUT2D eigenvalue weighted by Gasteiger charge is -2.23. The Bertz CT molecular complexity index is 843. The van der Waals surface area contributed by atoms with Gasteiger partial charge in [0.25, 0.3) is 0 Å². The van der Waals surface area contributed by atoms with Crippen molar-refractivity contribution in [3.63, 3.8) is 0 Å². The van der Waals surface area contributed by atoms with Gasteiger partial charge < -0.3 is 5.32 Å². The highest BCUT2D eigenvalue weighted by molar-refractivity contribution is 9.10. The van der Waals surface area contributed by atoms with Crippen molar-refractivity contribution in [2.45, 2.75) is 13.0 Å². The molecule has 1 atom stereocenters. The molecule has 2 aromatic rings. The topological polar surface area (TPSA) is 29.1 Å². The lowest BCUT2D eigenvalue weighted by Crippen LogP contribution is -2.20. The van der Waals surface area contributed by atoms with Crippen molar-refractivity contribution in [3.05, 3.63) is 74.7 Å². The second-order valence-electron chi connectivity index (χ2n) is 5.13. The largest absolute Gasteiger partial charge is 0.369 e. The van der Waals surface area contributed by atoms with Crippen LogP contribution in [0.2, 0.25) is 5.02 Å². The molecule has 0 aliphatic heterocycles. The standard InChI is InChI=1S/C17H11BrClF4NO/c1-7(8(2)25)16(9-5-3-4-6-10(9)18)24-17-14(22)12(20)11(19)13(21)15(17)23/h3-6,16,24H,1H2,2H3. The first kappa shape index (κ1) is 19.5. The fourth-order valence-corrected chi connectivity index (χ4v) is 2.82. The second-order valence-corrected chi connectivity index (χ2v) is 6.36. The van der Waals surface area contributed by atoms with Crippen LogP contribution in [0, 0.1) is 23.3 Å². The zero-order valence-electron chi connectivity index (χ0n) is 12.8. The molecule has 0 aliphatic rings. The Morgan fingerprint density at radius 2 is 1.64 bits per heavy atom. The fourth-order valence-electron chi connectivity index (χ4n) is 2.14. The zero-order chi connectivity index (χ0) is 18.9. The number of benzene rings is 2. The molecule has 0 bridgehead atoms. The van der Waals surface area contributed by atoms with Crippen LogP contribution in [-0.2, 0) is 4.79 Å². The minimum Gasteiger partial charge on any atom is -0.369 e. The van der Waals surface area contributed by atoms with Gasteiger partial charge in [-0.3, -0.25) is 4.79 Å². The van der Waals surface area contributed by atoms with Gasteiger partial charge in [0.05, 0.1) is 6.04 Å². The monoisotopic (exact) mass is 435 g/mol. The summed E-state index contributed by atoms with van der Waals surface area (Å²) in [5.74, 6) is -7.33. The molecule has 8 heteroatoms. The van der Waals surface area contributed by atoms with Crippen LogP contribution in [0.1, 0.15) is 18.5 Å². The molecular formula is C17H11BrClF4NO. The van der Waals surface area contributed by atoms with Gasteiger partial charge in [0.2, 0.25) is 0 Å². The van der Waals surface area contributed by atoms with Crippen LogP contribution in [0.3, 0.4) is 0 Å². The first-order valence-corrected chi connectivity index (χ1v) is 8.06. The molecular weight excluding hydrogens is 426 g/mol. The van der Waals surface area contributed by atoms with Crippen LogP contribution in [-0.4, -0.2) is 5.78 Å². The second kappa shape index (κ2) is 7.58. The third-order valence-electron chi connectivity index (χ3n) is 3.52. The Balaban J connectivity index is 2.62. The summed E-state index contributed by atoms with van der Waals surface area (Å²) in [6.07, 6.45) is 0. The molecule has 0 aromatic heterocycles. The molecule has 0 fully saturated rings. The Morgan fingerprint density at radius 1 is 1.12 bits per heavy atom. The normalized spacial score (nSPS) is 12.0. The number of carbonyl (C=O) groups is 1. The first-order chi connectivity index (χ1) is 11.7. The number of hydrogen-bond acceptors (Lipinski definition) is 2. The van der Waals surface area contributed by atoms with E-state index >= 15 is 0 Å². The summed E-state index contributed by atoms with van der Waals surface area (Å²) in [6, 6.07) is 5.38. The summed E-state index contributed by atoms with van der Waals surface area (Å²) in [5, 5.41) is 1.04. The summed E-state index contributed by atoms with van der Waals surface area (Å²) in [5.41, 5.74) is -0.735. The molecule has 0 aliphatic carbocycles. The average molecular weight is 437 g/mol. The summed E-state index contributed by atoms with van der Waals surface area (Å²) in [4.78, 5) is 11.7. The van der Waals surface area contributed by atoms with Crippen LogP contribution >= 0.6 is 27.5 Å². The van der Waals surface area contributed by atoms with Crippen molar-refractivity contribution >= 4 is 39.0 Å². The number of Topliss-reactive ketones (excluding diaryl/α,β-unsaturated/α-hetero) is 1. The van der Waals surface area contributed by atoms with Crippen molar-refractivity contribution < 1.29 is 22.4 Å². The molecule has 0 spiro atoms. The molecule has 2 nitrogen and oxygen atoms in total. The highest BCUT2D eigenvalue weighted by atomic mass is 79.9. The number of rotatable bonds is 5. The van der Waals surface area contributed by atoms with Gasteiger partial charge in [-0.15, -0.1) is 0 Å². The molecule has 0 heterocycles. The van der Waals surface area contributed by atoms with Crippen molar-refractivity contribution in [1.29, 1.82) is 0 Å². The average Bonchev–Trinajstić information content (AvgIpc) is 2.59. The van der Waals surface area contributed by atoms with Crippen molar-refractivity contribution in [2.24, 2.45) is 0 Å². The van der Waals surface area contributed by atoms with Crippen LogP contribution in [0.15, 0.2) is 40.9 Å². The lowest BCUT2D eigenvalue weighted by molar-refractivity contribution is -0.113. The molecule has 0 saturated carbocycles. The molecule has 2 rings (SSSR count). The van der Waals surface area contributed by atoms with Gasteiger partial charge in [0, 0.05) is 10.0 Å². The Labute approximate surface area is 154 Å². The zero-order valence-corrected chi connectivity index (χ0v) is 15.1. The van der Waals surface area contributed by atoms with Gasteiger partial charge in [-0.2, -0.15) is 0 Å². The minimum absolute atomic E-state index is 0.0542. The molecule has 0 amide bonds. The number of anilines is 1. The highest BCUT2D eigenvalue weighted by Crippen LogP contribution is 2.36. The van der Waals surface area contributed by atoms with Gasteiger partial charge in [-0.05, 0) is 18.6 Å². The van der Waals surface area contributed by atoms with E-state index in [0.29, 0.717) is 10.0 Å². The summed E-state index contributed by atoms with van der Waals surface area (Å²) >= 11 is 8.47. The quantitative estimate of drug-likeness (QED) is 0.271. The first-order valence-electron chi connectivity index (χ1n) is 6.88. The van der Waals surface area contributed by atoms with Crippen LogP contribution in [0.25, 0.3) is 0 Å². The van der Waals surface area contributed by atoms with E-state index in [4.69, 9.17) is 11.6 Å². The van der Waals surface area contributed by atoms with E-state index in [-0.39, 0.29) is 5.57 Å². The van der Waals surface area contributed by atoms with Gasteiger partial charge in [0.15, 0.2) is 29.1 Å².